The van der Waals surface area contributed by atoms with Crippen molar-refractivity contribution in [3.8, 4) is 5.75 Å². The van der Waals surface area contributed by atoms with Gasteiger partial charge in [-0.05, 0) is 18.2 Å². The third-order valence-corrected chi connectivity index (χ3v) is 1.93. The normalized spacial score (nSPS) is 11.9. The number of aliphatic imine (C=N–C) groups is 1. The standard InChI is InChI=1S/C11H13F3N2O/c1-16(2)7-15-9-6-8(11(12,13)14)4-5-10(9)17-3/h4-7H,1-3H3. The van der Waals surface area contributed by atoms with Gasteiger partial charge < -0.3 is 9.64 Å². The lowest BCUT2D eigenvalue weighted by atomic mass is 10.2. The fraction of sp³-hybridized carbons (Fsp3) is 0.364. The van der Waals surface area contributed by atoms with Crippen LogP contribution in [0.15, 0.2) is 23.2 Å². The molecule has 94 valence electrons. The van der Waals surface area contributed by atoms with Crippen molar-refractivity contribution in [3.05, 3.63) is 23.8 Å². The summed E-state index contributed by atoms with van der Waals surface area (Å²) in [5.74, 6) is 0.302. The first-order valence-corrected chi connectivity index (χ1v) is 4.80. The lowest BCUT2D eigenvalue weighted by Crippen LogP contribution is -2.07. The second kappa shape index (κ2) is 5.07. The van der Waals surface area contributed by atoms with Gasteiger partial charge >= 0.3 is 6.18 Å². The van der Waals surface area contributed by atoms with Gasteiger partial charge in [0.05, 0.1) is 19.0 Å². The summed E-state index contributed by atoms with van der Waals surface area (Å²) in [4.78, 5) is 5.55. The number of benzene rings is 1. The molecule has 0 aliphatic heterocycles. The molecule has 0 aromatic heterocycles. The fourth-order valence-electron chi connectivity index (χ4n) is 1.14. The molecule has 0 aliphatic rings. The number of nitrogens with zero attached hydrogens (tertiary/aromatic N) is 2. The van der Waals surface area contributed by atoms with Crippen molar-refractivity contribution in [3.63, 3.8) is 0 Å². The topological polar surface area (TPSA) is 24.8 Å². The second-order valence-corrected chi connectivity index (χ2v) is 3.59. The van der Waals surface area contributed by atoms with E-state index in [1.54, 1.807) is 19.0 Å². The van der Waals surface area contributed by atoms with Crippen molar-refractivity contribution in [1.82, 2.24) is 4.90 Å². The van der Waals surface area contributed by atoms with E-state index < -0.39 is 11.7 Å². The Hall–Kier alpha value is -1.72. The Morgan fingerprint density at radius 2 is 1.94 bits per heavy atom. The number of alkyl halides is 3. The maximum Gasteiger partial charge on any atom is 0.416 e. The van der Waals surface area contributed by atoms with Gasteiger partial charge in [-0.3, -0.25) is 0 Å². The maximum absolute atomic E-state index is 12.5. The van der Waals surface area contributed by atoms with Crippen molar-refractivity contribution in [2.75, 3.05) is 21.2 Å². The third kappa shape index (κ3) is 3.65. The first-order chi connectivity index (χ1) is 7.84. The van der Waals surface area contributed by atoms with Gasteiger partial charge in [-0.15, -0.1) is 0 Å². The van der Waals surface area contributed by atoms with Crippen molar-refractivity contribution in [2.24, 2.45) is 4.99 Å². The molecule has 0 saturated carbocycles. The van der Waals surface area contributed by atoms with E-state index in [2.05, 4.69) is 4.99 Å². The molecular weight excluding hydrogens is 233 g/mol. The summed E-state index contributed by atoms with van der Waals surface area (Å²) in [6, 6.07) is 3.18. The van der Waals surface area contributed by atoms with Crippen LogP contribution in [0, 0.1) is 0 Å². The Morgan fingerprint density at radius 3 is 2.41 bits per heavy atom. The molecule has 0 amide bonds. The van der Waals surface area contributed by atoms with Crippen LogP contribution in [0.3, 0.4) is 0 Å². The van der Waals surface area contributed by atoms with Gasteiger partial charge in [-0.1, -0.05) is 0 Å². The van der Waals surface area contributed by atoms with Crippen LogP contribution in [0.4, 0.5) is 18.9 Å². The largest absolute Gasteiger partial charge is 0.494 e. The smallest absolute Gasteiger partial charge is 0.416 e. The van der Waals surface area contributed by atoms with E-state index in [4.69, 9.17) is 4.74 Å². The zero-order valence-corrected chi connectivity index (χ0v) is 9.75. The van der Waals surface area contributed by atoms with Crippen LogP contribution in [-0.4, -0.2) is 32.4 Å². The van der Waals surface area contributed by atoms with Crippen LogP contribution < -0.4 is 4.74 Å². The SMILES string of the molecule is COc1ccc(C(F)(F)F)cc1N=CN(C)C. The zero-order valence-electron chi connectivity index (χ0n) is 9.75. The van der Waals surface area contributed by atoms with Crippen molar-refractivity contribution >= 4 is 12.0 Å². The zero-order chi connectivity index (χ0) is 13.1. The minimum atomic E-state index is -4.38. The molecule has 0 saturated heterocycles. The maximum atomic E-state index is 12.5. The lowest BCUT2D eigenvalue weighted by molar-refractivity contribution is -0.137. The number of methoxy groups -OCH3 is 1. The average Bonchev–Trinajstić information content (AvgIpc) is 2.24. The molecule has 1 rings (SSSR count). The van der Waals surface area contributed by atoms with Crippen molar-refractivity contribution in [1.29, 1.82) is 0 Å². The highest BCUT2D eigenvalue weighted by atomic mass is 19.4. The van der Waals surface area contributed by atoms with E-state index in [-0.39, 0.29) is 5.69 Å². The fourth-order valence-corrected chi connectivity index (χ4v) is 1.14. The average molecular weight is 246 g/mol. The molecule has 1 aromatic rings. The van der Waals surface area contributed by atoms with E-state index in [1.807, 2.05) is 0 Å². The van der Waals surface area contributed by atoms with Crippen LogP contribution in [0.5, 0.6) is 5.75 Å². The summed E-state index contributed by atoms with van der Waals surface area (Å²) in [5, 5.41) is 0. The highest BCUT2D eigenvalue weighted by Gasteiger charge is 2.31. The van der Waals surface area contributed by atoms with Crippen LogP contribution in [0.1, 0.15) is 5.56 Å². The summed E-state index contributed by atoms with van der Waals surface area (Å²) in [6.45, 7) is 0. The molecule has 3 nitrogen and oxygen atoms in total. The number of ether oxygens (including phenoxy) is 1. The van der Waals surface area contributed by atoms with Gasteiger partial charge in [-0.25, -0.2) is 4.99 Å². The molecule has 0 unspecified atom stereocenters. The summed E-state index contributed by atoms with van der Waals surface area (Å²) < 4.78 is 42.4. The van der Waals surface area contributed by atoms with Crippen LogP contribution in [0.25, 0.3) is 0 Å². The lowest BCUT2D eigenvalue weighted by Gasteiger charge is -2.10. The number of halogens is 3. The molecule has 0 N–H and O–H groups in total. The van der Waals surface area contributed by atoms with E-state index in [9.17, 15) is 13.2 Å². The van der Waals surface area contributed by atoms with Gasteiger partial charge in [0.1, 0.15) is 11.4 Å². The molecule has 0 bridgehead atoms. The summed E-state index contributed by atoms with van der Waals surface area (Å²) in [7, 11) is 4.84. The van der Waals surface area contributed by atoms with Crippen molar-refractivity contribution in [2.45, 2.75) is 6.18 Å². The first kappa shape index (κ1) is 13.3. The second-order valence-electron chi connectivity index (χ2n) is 3.59. The Kier molecular flexibility index (Phi) is 3.98. The van der Waals surface area contributed by atoms with Crippen LogP contribution in [0.2, 0.25) is 0 Å². The van der Waals surface area contributed by atoms with Crippen LogP contribution >= 0.6 is 0 Å². The van der Waals surface area contributed by atoms with Gasteiger partial charge in [0.25, 0.3) is 0 Å². The van der Waals surface area contributed by atoms with Crippen LogP contribution in [-0.2, 0) is 6.18 Å². The Labute approximate surface area is 97.5 Å². The molecule has 0 aliphatic carbocycles. The van der Waals surface area contributed by atoms with Gasteiger partial charge in [0.15, 0.2) is 0 Å². The number of hydrogen-bond donors (Lipinski definition) is 0. The quantitative estimate of drug-likeness (QED) is 0.605. The predicted octanol–water partition coefficient (Wildman–Crippen LogP) is 2.94. The molecule has 0 atom stereocenters. The predicted molar refractivity (Wildman–Crippen MR) is 59.8 cm³/mol. The van der Waals surface area contributed by atoms with Gasteiger partial charge in [-0.2, -0.15) is 13.2 Å². The molecule has 0 spiro atoms. The highest BCUT2D eigenvalue weighted by Crippen LogP contribution is 2.36. The Balaban J connectivity index is 3.16. The Bertz CT molecular complexity index is 414. The molecule has 0 heterocycles. The summed E-state index contributed by atoms with van der Waals surface area (Å²) in [5.41, 5.74) is -0.597. The minimum Gasteiger partial charge on any atom is -0.494 e. The van der Waals surface area contributed by atoms with E-state index in [1.165, 1.54) is 19.5 Å². The van der Waals surface area contributed by atoms with E-state index in [0.717, 1.165) is 12.1 Å². The number of rotatable bonds is 3. The molecule has 6 heteroatoms. The number of hydrogen-bond acceptors (Lipinski definition) is 2. The third-order valence-electron chi connectivity index (χ3n) is 1.93. The van der Waals surface area contributed by atoms with E-state index in [0.29, 0.717) is 5.75 Å². The Morgan fingerprint density at radius 1 is 1.29 bits per heavy atom. The minimum absolute atomic E-state index is 0.149. The molecule has 1 aromatic carbocycles. The molecule has 0 radical (unpaired) electrons. The molecule has 17 heavy (non-hydrogen) atoms. The van der Waals surface area contributed by atoms with Crippen molar-refractivity contribution < 1.29 is 17.9 Å². The molecular formula is C11H13F3N2O. The van der Waals surface area contributed by atoms with E-state index >= 15 is 0 Å². The summed E-state index contributed by atoms with van der Waals surface area (Å²) >= 11 is 0. The van der Waals surface area contributed by atoms with Gasteiger partial charge in [0, 0.05) is 14.1 Å². The van der Waals surface area contributed by atoms with Gasteiger partial charge in [0.2, 0.25) is 0 Å². The monoisotopic (exact) mass is 246 g/mol. The highest BCUT2D eigenvalue weighted by molar-refractivity contribution is 5.65. The molecule has 0 fully saturated rings. The first-order valence-electron chi connectivity index (χ1n) is 4.80. The summed E-state index contributed by atoms with van der Waals surface area (Å²) in [6.07, 6.45) is -2.97.